The van der Waals surface area contributed by atoms with Crippen molar-refractivity contribution in [1.82, 2.24) is 15.1 Å². The van der Waals surface area contributed by atoms with Gasteiger partial charge in [-0.15, -0.1) is 12.4 Å². The number of fused-ring (bicyclic) bond motifs is 1. The predicted molar refractivity (Wildman–Crippen MR) is 152 cm³/mol. The molecule has 2 aliphatic heterocycles. The summed E-state index contributed by atoms with van der Waals surface area (Å²) in [6, 6.07) is 2.00. The van der Waals surface area contributed by atoms with E-state index in [1.807, 2.05) is 13.8 Å². The van der Waals surface area contributed by atoms with E-state index >= 15 is 8.78 Å². The number of hydrogen-bond acceptors (Lipinski definition) is 4. The molecular formula is C30H31ClF6N4O3. The van der Waals surface area contributed by atoms with E-state index in [-0.39, 0.29) is 66.9 Å². The maximum absolute atomic E-state index is 15.1. The fraction of sp³-hybridized carbons (Fsp3) is 0.467. The van der Waals surface area contributed by atoms with Crippen LogP contribution in [0.3, 0.4) is 0 Å². The third-order valence-electron chi connectivity index (χ3n) is 8.43. The zero-order valence-electron chi connectivity index (χ0n) is 23.9. The summed E-state index contributed by atoms with van der Waals surface area (Å²) in [4.78, 5) is 30.2. The van der Waals surface area contributed by atoms with E-state index in [2.05, 4.69) is 22.1 Å². The number of halogens is 7. The SMILES string of the molecule is CCN(CC)[C@H]1C[C@H](CN2C(=O)C(O)(c3c(F)cc(F)cc3F)c3c2cc(C#CCN2CCNC2=O)cc3C(F)(F)F)C1.Cl. The third-order valence-corrected chi connectivity index (χ3v) is 8.43. The van der Waals surface area contributed by atoms with Gasteiger partial charge in [0.05, 0.1) is 23.4 Å². The Morgan fingerprint density at radius 3 is 2.23 bits per heavy atom. The molecule has 7 nitrogen and oxygen atoms in total. The summed E-state index contributed by atoms with van der Waals surface area (Å²) in [5.41, 5.74) is -7.93. The van der Waals surface area contributed by atoms with Crippen LogP contribution in [-0.2, 0) is 16.6 Å². The van der Waals surface area contributed by atoms with Crippen LogP contribution in [0, 0.1) is 35.2 Å². The third kappa shape index (κ3) is 5.82. The first kappa shape index (κ1) is 33.4. The fourth-order valence-corrected chi connectivity index (χ4v) is 6.27. The summed E-state index contributed by atoms with van der Waals surface area (Å²) in [6.07, 6.45) is -3.93. The predicted octanol–water partition coefficient (Wildman–Crippen LogP) is 4.62. The second-order valence-electron chi connectivity index (χ2n) is 11.0. The Hall–Kier alpha value is -3.47. The Bertz CT molecular complexity index is 1490. The molecule has 1 saturated carbocycles. The van der Waals surface area contributed by atoms with Gasteiger partial charge in [0.25, 0.3) is 5.91 Å². The van der Waals surface area contributed by atoms with E-state index < -0.39 is 51.8 Å². The molecule has 1 aliphatic carbocycles. The molecule has 44 heavy (non-hydrogen) atoms. The Labute approximate surface area is 256 Å². The van der Waals surface area contributed by atoms with Crippen LogP contribution in [-0.4, -0.2) is 72.2 Å². The number of alkyl halides is 3. The zero-order valence-corrected chi connectivity index (χ0v) is 24.7. The van der Waals surface area contributed by atoms with E-state index in [9.17, 15) is 32.3 Å². The number of hydrogen-bond donors (Lipinski definition) is 2. The van der Waals surface area contributed by atoms with Gasteiger partial charge in [-0.1, -0.05) is 25.7 Å². The van der Waals surface area contributed by atoms with Gasteiger partial charge in [0, 0.05) is 48.9 Å². The molecule has 0 aromatic heterocycles. The molecule has 3 aliphatic rings. The molecule has 1 unspecified atom stereocenters. The van der Waals surface area contributed by atoms with Crippen molar-refractivity contribution in [3.05, 3.63) is 64.0 Å². The van der Waals surface area contributed by atoms with E-state index in [4.69, 9.17) is 0 Å². The lowest BCUT2D eigenvalue weighted by molar-refractivity contribution is -0.142. The van der Waals surface area contributed by atoms with Crippen molar-refractivity contribution in [2.24, 2.45) is 5.92 Å². The van der Waals surface area contributed by atoms with Gasteiger partial charge in [-0.05, 0) is 44.0 Å². The van der Waals surface area contributed by atoms with Crippen molar-refractivity contribution in [2.45, 2.75) is 44.5 Å². The standard InChI is InChI=1S/C30H30F6N4O3.ClH/c1-3-38(4-2)20-10-18(11-20)16-40-24-13-17(6-5-8-39-9-7-37-28(39)42)12-21(30(34,35)36)25(24)29(43,27(40)41)26-22(32)14-19(31)15-23(26)33;/h12-15,18,20,43H,3-4,7-11,16H2,1-2H3,(H,37,42);1H/t18-,20-,29?;. The van der Waals surface area contributed by atoms with E-state index in [0.717, 1.165) is 24.1 Å². The van der Waals surface area contributed by atoms with Crippen LogP contribution in [0.5, 0.6) is 0 Å². The quantitative estimate of drug-likeness (QED) is 0.341. The van der Waals surface area contributed by atoms with Crippen LogP contribution in [0.4, 0.5) is 36.8 Å². The van der Waals surface area contributed by atoms with Crippen molar-refractivity contribution in [2.75, 3.05) is 44.2 Å². The van der Waals surface area contributed by atoms with Crippen molar-refractivity contribution >= 4 is 30.0 Å². The van der Waals surface area contributed by atoms with Gasteiger partial charge in [0.1, 0.15) is 17.5 Å². The number of nitrogens with one attached hydrogen (secondary N) is 1. The molecule has 3 amide bonds. The summed E-state index contributed by atoms with van der Waals surface area (Å²) in [5.74, 6) is -1.06. The number of carbonyl (C=O) groups is 2. The number of carbonyl (C=O) groups excluding carboxylic acids is 2. The Morgan fingerprint density at radius 1 is 1.05 bits per heavy atom. The molecule has 2 fully saturated rings. The van der Waals surface area contributed by atoms with Crippen LogP contribution in [0.1, 0.15) is 48.9 Å². The van der Waals surface area contributed by atoms with E-state index in [1.165, 1.54) is 4.90 Å². The molecule has 2 heterocycles. The molecule has 2 N–H and O–H groups in total. The molecule has 0 radical (unpaired) electrons. The van der Waals surface area contributed by atoms with Crippen molar-refractivity contribution in [1.29, 1.82) is 0 Å². The van der Waals surface area contributed by atoms with Crippen molar-refractivity contribution in [3.63, 3.8) is 0 Å². The summed E-state index contributed by atoms with van der Waals surface area (Å²) in [6.45, 7) is 6.17. The van der Waals surface area contributed by atoms with Crippen LogP contribution in [0.25, 0.3) is 0 Å². The van der Waals surface area contributed by atoms with Gasteiger partial charge in [-0.2, -0.15) is 13.2 Å². The van der Waals surface area contributed by atoms with Gasteiger partial charge in [-0.3, -0.25) is 4.79 Å². The molecule has 238 valence electrons. The minimum atomic E-state index is -5.18. The summed E-state index contributed by atoms with van der Waals surface area (Å²) >= 11 is 0. The zero-order chi connectivity index (χ0) is 31.3. The molecule has 0 bridgehead atoms. The highest BCUT2D eigenvalue weighted by molar-refractivity contribution is 6.10. The first-order valence-electron chi connectivity index (χ1n) is 14.0. The van der Waals surface area contributed by atoms with Crippen molar-refractivity contribution in [3.8, 4) is 11.8 Å². The minimum absolute atomic E-state index is 0. The molecule has 1 saturated heterocycles. The minimum Gasteiger partial charge on any atom is -0.371 e. The number of urea groups is 1. The maximum Gasteiger partial charge on any atom is 0.416 e. The Balaban J connectivity index is 0.00000442. The highest BCUT2D eigenvalue weighted by atomic mass is 35.5. The van der Waals surface area contributed by atoms with Gasteiger partial charge < -0.3 is 25.1 Å². The lowest BCUT2D eigenvalue weighted by atomic mass is 9.78. The van der Waals surface area contributed by atoms with E-state index in [0.29, 0.717) is 32.0 Å². The normalized spacial score (nSPS) is 22.8. The molecular weight excluding hydrogens is 614 g/mol. The number of nitrogens with zero attached hydrogens (tertiary/aromatic N) is 3. The summed E-state index contributed by atoms with van der Waals surface area (Å²) < 4.78 is 87.6. The first-order valence-corrected chi connectivity index (χ1v) is 14.0. The average Bonchev–Trinajstić information content (AvgIpc) is 3.40. The number of benzene rings is 2. The monoisotopic (exact) mass is 644 g/mol. The number of aliphatic hydroxyl groups is 1. The van der Waals surface area contributed by atoms with Gasteiger partial charge in [0.2, 0.25) is 5.60 Å². The lowest BCUT2D eigenvalue weighted by Gasteiger charge is -2.43. The second-order valence-corrected chi connectivity index (χ2v) is 11.0. The number of amides is 3. The van der Waals surface area contributed by atoms with Crippen LogP contribution < -0.4 is 10.2 Å². The summed E-state index contributed by atoms with van der Waals surface area (Å²) in [7, 11) is 0. The first-order chi connectivity index (χ1) is 20.3. The molecule has 14 heteroatoms. The van der Waals surface area contributed by atoms with E-state index in [1.54, 1.807) is 0 Å². The smallest absolute Gasteiger partial charge is 0.371 e. The molecule has 0 spiro atoms. The number of anilines is 1. The van der Waals surface area contributed by atoms with Gasteiger partial charge in [-0.25, -0.2) is 18.0 Å². The number of rotatable bonds is 7. The van der Waals surface area contributed by atoms with Crippen LogP contribution in [0.15, 0.2) is 24.3 Å². The second kappa shape index (κ2) is 12.5. The van der Waals surface area contributed by atoms with Crippen molar-refractivity contribution < 1.29 is 41.0 Å². The average molecular weight is 645 g/mol. The largest absolute Gasteiger partial charge is 0.416 e. The highest BCUT2D eigenvalue weighted by Gasteiger charge is 2.58. The molecule has 1 atom stereocenters. The lowest BCUT2D eigenvalue weighted by Crippen LogP contribution is -2.50. The Morgan fingerprint density at radius 2 is 1.68 bits per heavy atom. The maximum atomic E-state index is 15.1. The summed E-state index contributed by atoms with van der Waals surface area (Å²) in [5, 5.41) is 14.3. The van der Waals surface area contributed by atoms with Crippen LogP contribution in [0.2, 0.25) is 0 Å². The highest BCUT2D eigenvalue weighted by Crippen LogP contribution is 2.52. The fourth-order valence-electron chi connectivity index (χ4n) is 6.27. The topological polar surface area (TPSA) is 76.1 Å². The molecule has 2 aromatic carbocycles. The van der Waals surface area contributed by atoms with Gasteiger partial charge >= 0.3 is 12.2 Å². The van der Waals surface area contributed by atoms with Crippen LogP contribution >= 0.6 is 12.4 Å². The molecule has 2 aromatic rings. The molecule has 5 rings (SSSR count). The van der Waals surface area contributed by atoms with Gasteiger partial charge in [0.15, 0.2) is 0 Å². The Kier molecular flexibility index (Phi) is 9.49.